The van der Waals surface area contributed by atoms with Gasteiger partial charge in [-0.25, -0.2) is 0 Å². The van der Waals surface area contributed by atoms with Gasteiger partial charge in [-0.15, -0.1) is 5.10 Å². The summed E-state index contributed by atoms with van der Waals surface area (Å²) in [6.07, 6.45) is 5.75. The number of nitrogens with one attached hydrogen (secondary N) is 1. The van der Waals surface area contributed by atoms with Crippen LogP contribution in [0.5, 0.6) is 0 Å². The average molecular weight is 350 g/mol. The number of ether oxygens (including phenoxy) is 1. The minimum Gasteiger partial charge on any atom is -0.445 e. The van der Waals surface area contributed by atoms with Crippen LogP contribution in [0.25, 0.3) is 6.08 Å². The van der Waals surface area contributed by atoms with Crippen molar-refractivity contribution in [3.8, 4) is 0 Å². The van der Waals surface area contributed by atoms with E-state index < -0.39 is 6.23 Å². The number of aromatic nitrogens is 2. The molecular weight excluding hydrogens is 328 g/mol. The molecular formula is C20H22N4O2. The van der Waals surface area contributed by atoms with Crippen LogP contribution in [0.15, 0.2) is 41.0 Å². The van der Waals surface area contributed by atoms with Gasteiger partial charge in [0.05, 0.1) is 0 Å². The summed E-state index contributed by atoms with van der Waals surface area (Å²) in [6, 6.07) is 9.97. The fraction of sp³-hybridized carbons (Fsp3) is 0.350. The van der Waals surface area contributed by atoms with Crippen molar-refractivity contribution in [3.63, 3.8) is 0 Å². The number of amides is 1. The maximum atomic E-state index is 12.1. The summed E-state index contributed by atoms with van der Waals surface area (Å²) < 4.78 is 6.08. The minimum atomic E-state index is -0.543. The summed E-state index contributed by atoms with van der Waals surface area (Å²) >= 11 is 0. The first-order chi connectivity index (χ1) is 12.6. The Balaban J connectivity index is 1.64. The lowest BCUT2D eigenvalue weighted by Crippen LogP contribution is -2.33. The maximum Gasteiger partial charge on any atom is 0.262 e. The molecule has 1 aromatic carbocycles. The van der Waals surface area contributed by atoms with Gasteiger partial charge in [0.25, 0.3) is 5.90 Å². The molecule has 1 aliphatic heterocycles. The number of aromatic amines is 1. The van der Waals surface area contributed by atoms with Crippen molar-refractivity contribution < 1.29 is 9.53 Å². The molecule has 134 valence electrons. The number of rotatable bonds is 3. The number of carbonyl (C=O) groups is 1. The molecule has 0 saturated heterocycles. The Morgan fingerprint density at radius 1 is 1.23 bits per heavy atom. The third kappa shape index (κ3) is 3.03. The molecule has 4 rings (SSSR count). The van der Waals surface area contributed by atoms with E-state index in [4.69, 9.17) is 4.74 Å². The van der Waals surface area contributed by atoms with Crippen LogP contribution in [0.1, 0.15) is 49.2 Å². The normalized spacial score (nSPS) is 19.8. The Kier molecular flexibility index (Phi) is 4.32. The molecule has 0 bridgehead atoms. The van der Waals surface area contributed by atoms with Gasteiger partial charge in [-0.1, -0.05) is 36.4 Å². The van der Waals surface area contributed by atoms with Crippen LogP contribution in [0.2, 0.25) is 0 Å². The summed E-state index contributed by atoms with van der Waals surface area (Å²) in [4.78, 5) is 12.1. The van der Waals surface area contributed by atoms with Crippen molar-refractivity contribution in [2.75, 3.05) is 0 Å². The summed E-state index contributed by atoms with van der Waals surface area (Å²) in [7, 11) is 0. The molecule has 1 unspecified atom stereocenters. The summed E-state index contributed by atoms with van der Waals surface area (Å²) in [5, 5.41) is 13.3. The number of fused-ring (bicyclic) bond motifs is 1. The first-order valence-electron chi connectivity index (χ1n) is 8.98. The third-order valence-corrected chi connectivity index (χ3v) is 4.81. The zero-order chi connectivity index (χ0) is 18.1. The molecule has 1 aliphatic carbocycles. The van der Waals surface area contributed by atoms with E-state index in [0.29, 0.717) is 5.90 Å². The quantitative estimate of drug-likeness (QED) is 0.924. The molecule has 2 heterocycles. The number of nitrogens with zero attached hydrogens (tertiary/aromatic N) is 3. The molecule has 6 heteroatoms. The second kappa shape index (κ2) is 6.78. The number of hydrogen-bond acceptors (Lipinski definition) is 4. The monoisotopic (exact) mass is 350 g/mol. The molecule has 1 aromatic heterocycles. The van der Waals surface area contributed by atoms with Gasteiger partial charge < -0.3 is 4.74 Å². The van der Waals surface area contributed by atoms with E-state index in [1.165, 1.54) is 23.9 Å². The SMILES string of the molecule is CC(=O)N1N=C(c2n[nH]c3c2CCCC3)OC1/C(C)=C/c1ccccc1. The van der Waals surface area contributed by atoms with Crippen molar-refractivity contribution in [1.82, 2.24) is 15.2 Å². The van der Waals surface area contributed by atoms with Crippen LogP contribution < -0.4 is 0 Å². The summed E-state index contributed by atoms with van der Waals surface area (Å²) in [5.74, 6) is 0.264. The lowest BCUT2D eigenvalue weighted by Gasteiger charge is -2.19. The van der Waals surface area contributed by atoms with Crippen molar-refractivity contribution in [3.05, 3.63) is 58.4 Å². The van der Waals surface area contributed by atoms with E-state index in [-0.39, 0.29) is 5.91 Å². The lowest BCUT2D eigenvalue weighted by molar-refractivity contribution is -0.133. The van der Waals surface area contributed by atoms with Crippen LogP contribution in [0, 0.1) is 0 Å². The van der Waals surface area contributed by atoms with E-state index in [0.717, 1.165) is 41.8 Å². The Morgan fingerprint density at radius 2 is 2.00 bits per heavy atom. The fourth-order valence-electron chi connectivity index (χ4n) is 3.50. The van der Waals surface area contributed by atoms with E-state index in [2.05, 4.69) is 15.3 Å². The third-order valence-electron chi connectivity index (χ3n) is 4.81. The van der Waals surface area contributed by atoms with Crippen molar-refractivity contribution in [1.29, 1.82) is 0 Å². The van der Waals surface area contributed by atoms with Crippen LogP contribution in [-0.2, 0) is 22.4 Å². The van der Waals surface area contributed by atoms with Crippen molar-refractivity contribution >= 4 is 17.9 Å². The Morgan fingerprint density at radius 3 is 2.77 bits per heavy atom. The van der Waals surface area contributed by atoms with Gasteiger partial charge in [0.1, 0.15) is 0 Å². The highest BCUT2D eigenvalue weighted by atomic mass is 16.5. The summed E-state index contributed by atoms with van der Waals surface area (Å²) in [5.41, 5.74) is 5.04. The average Bonchev–Trinajstić information content (AvgIpc) is 3.27. The van der Waals surface area contributed by atoms with Gasteiger partial charge in [0, 0.05) is 18.2 Å². The second-order valence-corrected chi connectivity index (χ2v) is 6.77. The molecule has 26 heavy (non-hydrogen) atoms. The Hall–Kier alpha value is -2.89. The van der Waals surface area contributed by atoms with Gasteiger partial charge in [-0.3, -0.25) is 9.89 Å². The van der Waals surface area contributed by atoms with E-state index >= 15 is 0 Å². The van der Waals surface area contributed by atoms with Crippen LogP contribution in [0.4, 0.5) is 0 Å². The maximum absolute atomic E-state index is 12.1. The van der Waals surface area contributed by atoms with E-state index in [9.17, 15) is 4.79 Å². The van der Waals surface area contributed by atoms with Gasteiger partial charge in [0.2, 0.25) is 12.1 Å². The first-order valence-corrected chi connectivity index (χ1v) is 8.98. The van der Waals surface area contributed by atoms with E-state index in [1.807, 2.05) is 43.3 Å². The van der Waals surface area contributed by atoms with Crippen molar-refractivity contribution in [2.24, 2.45) is 5.10 Å². The number of benzene rings is 1. The standard InChI is InChI=1S/C20H22N4O2/c1-13(12-15-8-4-3-5-9-15)20-24(14(2)25)23-19(26-20)18-16-10-6-7-11-17(16)21-22-18/h3-5,8-9,12,20H,6-7,10-11H2,1-2H3,(H,21,22)/b13-12+. The molecule has 0 spiro atoms. The largest absolute Gasteiger partial charge is 0.445 e. The van der Waals surface area contributed by atoms with Gasteiger partial charge in [0.15, 0.2) is 5.69 Å². The van der Waals surface area contributed by atoms with E-state index in [1.54, 1.807) is 0 Å². The molecule has 0 radical (unpaired) electrons. The lowest BCUT2D eigenvalue weighted by atomic mass is 9.96. The molecule has 1 amide bonds. The number of aryl methyl sites for hydroxylation is 1. The molecule has 2 aliphatic rings. The van der Waals surface area contributed by atoms with Crippen LogP contribution >= 0.6 is 0 Å². The molecule has 6 nitrogen and oxygen atoms in total. The van der Waals surface area contributed by atoms with Gasteiger partial charge >= 0.3 is 0 Å². The van der Waals surface area contributed by atoms with Gasteiger partial charge in [-0.05, 0) is 43.7 Å². The highest BCUT2D eigenvalue weighted by Crippen LogP contribution is 2.28. The minimum absolute atomic E-state index is 0.157. The molecule has 0 fully saturated rings. The fourth-order valence-corrected chi connectivity index (χ4v) is 3.50. The molecule has 2 aromatic rings. The van der Waals surface area contributed by atoms with Crippen LogP contribution in [-0.4, -0.2) is 33.2 Å². The highest BCUT2D eigenvalue weighted by Gasteiger charge is 2.35. The zero-order valence-electron chi connectivity index (χ0n) is 15.0. The second-order valence-electron chi connectivity index (χ2n) is 6.77. The molecule has 1 atom stereocenters. The number of hydrazone groups is 1. The number of hydrogen-bond donors (Lipinski definition) is 1. The highest BCUT2D eigenvalue weighted by molar-refractivity contribution is 5.96. The zero-order valence-corrected chi connectivity index (χ0v) is 15.0. The Bertz CT molecular complexity index is 882. The number of carbonyl (C=O) groups excluding carboxylic acids is 1. The number of H-pyrrole nitrogens is 1. The summed E-state index contributed by atoms with van der Waals surface area (Å²) in [6.45, 7) is 3.45. The van der Waals surface area contributed by atoms with Crippen LogP contribution in [0.3, 0.4) is 0 Å². The molecule has 1 N–H and O–H groups in total. The topological polar surface area (TPSA) is 70.6 Å². The first kappa shape index (κ1) is 16.6. The van der Waals surface area contributed by atoms with Crippen molar-refractivity contribution in [2.45, 2.75) is 45.8 Å². The Labute approximate surface area is 152 Å². The smallest absolute Gasteiger partial charge is 0.262 e. The van der Waals surface area contributed by atoms with Gasteiger partial charge in [-0.2, -0.15) is 10.1 Å². The molecule has 0 saturated carbocycles. The predicted octanol–water partition coefficient (Wildman–Crippen LogP) is 3.26. The predicted molar refractivity (Wildman–Crippen MR) is 99.3 cm³/mol.